The van der Waals surface area contributed by atoms with Crippen molar-refractivity contribution in [2.75, 3.05) is 0 Å². The second-order valence-corrected chi connectivity index (χ2v) is 14.3. The first kappa shape index (κ1) is 31.5. The monoisotopic (exact) mass is 731 g/mol. The third kappa shape index (κ3) is 5.08. The van der Waals surface area contributed by atoms with E-state index in [0.717, 1.165) is 105 Å². The van der Waals surface area contributed by atoms with Crippen LogP contribution in [-0.2, 0) is 0 Å². The van der Waals surface area contributed by atoms with Gasteiger partial charge in [0.05, 0.1) is 0 Å². The van der Waals surface area contributed by atoms with Gasteiger partial charge in [-0.15, -0.1) is 0 Å². The SMILES string of the molecule is c1ccc(-c2cccc3oc4cc(-c5nc(-c6ccc(-c7cccc8oc9ccccc9c78)cc6)nc(-c6ccc7c(c6)oc6ccccc67)n5)ccc4c23)cc1. The zero-order chi connectivity index (χ0) is 37.5. The number of hydrogen-bond acceptors (Lipinski definition) is 6. The van der Waals surface area contributed by atoms with Gasteiger partial charge in [-0.2, -0.15) is 0 Å². The Kier molecular flexibility index (Phi) is 6.83. The van der Waals surface area contributed by atoms with Gasteiger partial charge in [0, 0.05) is 49.0 Å². The molecule has 0 bridgehead atoms. The molecule has 0 saturated heterocycles. The highest BCUT2D eigenvalue weighted by molar-refractivity contribution is 6.14. The summed E-state index contributed by atoms with van der Waals surface area (Å²) in [7, 11) is 0. The highest BCUT2D eigenvalue weighted by atomic mass is 16.3. The molecule has 6 nitrogen and oxygen atoms in total. The van der Waals surface area contributed by atoms with Gasteiger partial charge >= 0.3 is 0 Å². The highest BCUT2D eigenvalue weighted by Gasteiger charge is 2.18. The molecule has 12 rings (SSSR count). The fourth-order valence-electron chi connectivity index (χ4n) is 8.27. The smallest absolute Gasteiger partial charge is 0.164 e. The van der Waals surface area contributed by atoms with Crippen LogP contribution in [0, 0.1) is 0 Å². The molecule has 4 heterocycles. The number of fused-ring (bicyclic) bond motifs is 9. The lowest BCUT2D eigenvalue weighted by molar-refractivity contribution is 0.668. The molecule has 0 radical (unpaired) electrons. The van der Waals surface area contributed by atoms with Crippen LogP contribution >= 0.6 is 0 Å². The summed E-state index contributed by atoms with van der Waals surface area (Å²) in [4.78, 5) is 15.3. The molecular formula is C51H29N3O3. The van der Waals surface area contributed by atoms with Gasteiger partial charge in [0.25, 0.3) is 0 Å². The first-order valence-electron chi connectivity index (χ1n) is 18.9. The molecule has 0 atom stereocenters. The van der Waals surface area contributed by atoms with E-state index in [1.807, 2.05) is 78.9 Å². The van der Waals surface area contributed by atoms with Gasteiger partial charge in [-0.3, -0.25) is 0 Å². The maximum atomic E-state index is 6.50. The molecule has 6 heteroatoms. The van der Waals surface area contributed by atoms with Crippen molar-refractivity contribution in [2.45, 2.75) is 0 Å². The van der Waals surface area contributed by atoms with Crippen LogP contribution in [0.1, 0.15) is 0 Å². The lowest BCUT2D eigenvalue weighted by Gasteiger charge is -2.10. The minimum atomic E-state index is 0.545. The quantitative estimate of drug-likeness (QED) is 0.175. The van der Waals surface area contributed by atoms with Crippen molar-refractivity contribution in [2.24, 2.45) is 0 Å². The zero-order valence-corrected chi connectivity index (χ0v) is 30.3. The molecular weight excluding hydrogens is 703 g/mol. The van der Waals surface area contributed by atoms with E-state index in [1.54, 1.807) is 0 Å². The van der Waals surface area contributed by atoms with Crippen molar-refractivity contribution in [1.82, 2.24) is 15.0 Å². The summed E-state index contributed by atoms with van der Waals surface area (Å²) in [5.41, 5.74) is 11.9. The molecule has 0 aliphatic carbocycles. The van der Waals surface area contributed by atoms with E-state index < -0.39 is 0 Å². The van der Waals surface area contributed by atoms with Crippen molar-refractivity contribution in [1.29, 1.82) is 0 Å². The Morgan fingerprint density at radius 3 is 1.33 bits per heavy atom. The van der Waals surface area contributed by atoms with Crippen LogP contribution in [0.5, 0.6) is 0 Å². The molecule has 57 heavy (non-hydrogen) atoms. The standard InChI is InChI=1S/C51H29N3O3/c1-2-10-30(11-3-1)35-14-8-19-44-48(35)40-27-25-34(29-46(40)57-44)51-53-49(52-50(54-51)33-24-26-38-37-12-4-6-16-41(37)56-45(38)28-33)32-22-20-31(21-23-32)36-15-9-18-43-47(36)39-13-5-7-17-42(39)55-43/h1-29H. The topological polar surface area (TPSA) is 78.1 Å². The Hall–Kier alpha value is -7.83. The molecule has 12 aromatic rings. The van der Waals surface area contributed by atoms with E-state index in [0.29, 0.717) is 17.5 Å². The largest absolute Gasteiger partial charge is 0.456 e. The van der Waals surface area contributed by atoms with Crippen LogP contribution in [0.15, 0.2) is 189 Å². The van der Waals surface area contributed by atoms with Crippen LogP contribution < -0.4 is 0 Å². The number of rotatable bonds is 5. The third-order valence-electron chi connectivity index (χ3n) is 11.0. The first-order valence-corrected chi connectivity index (χ1v) is 18.9. The van der Waals surface area contributed by atoms with Crippen molar-refractivity contribution in [3.63, 3.8) is 0 Å². The molecule has 0 amide bonds. The Bertz CT molecular complexity index is 3520. The number of hydrogen-bond donors (Lipinski definition) is 0. The zero-order valence-electron chi connectivity index (χ0n) is 30.3. The van der Waals surface area contributed by atoms with Gasteiger partial charge in [0.15, 0.2) is 17.5 Å². The molecule has 0 saturated carbocycles. The Labute approximate surface area is 325 Å². The van der Waals surface area contributed by atoms with Crippen molar-refractivity contribution in [3.05, 3.63) is 176 Å². The van der Waals surface area contributed by atoms with Crippen LogP contribution in [0.3, 0.4) is 0 Å². The van der Waals surface area contributed by atoms with Crippen LogP contribution in [0.25, 0.3) is 122 Å². The summed E-state index contributed by atoms with van der Waals surface area (Å²) >= 11 is 0. The average Bonchev–Trinajstić information content (AvgIpc) is 3.97. The summed E-state index contributed by atoms with van der Waals surface area (Å²) in [5, 5.41) is 6.44. The van der Waals surface area contributed by atoms with E-state index in [1.165, 1.54) is 0 Å². The van der Waals surface area contributed by atoms with E-state index in [9.17, 15) is 0 Å². The van der Waals surface area contributed by atoms with Crippen molar-refractivity contribution in [3.8, 4) is 56.4 Å². The summed E-state index contributed by atoms with van der Waals surface area (Å²) in [5.74, 6) is 1.66. The molecule has 0 unspecified atom stereocenters. The third-order valence-corrected chi connectivity index (χ3v) is 11.0. The summed E-state index contributed by atoms with van der Waals surface area (Å²) in [6, 6.07) is 59.9. The Morgan fingerprint density at radius 2 is 0.667 bits per heavy atom. The van der Waals surface area contributed by atoms with Crippen LogP contribution in [0.4, 0.5) is 0 Å². The van der Waals surface area contributed by atoms with E-state index in [4.69, 9.17) is 28.2 Å². The summed E-state index contributed by atoms with van der Waals surface area (Å²) in [6.45, 7) is 0. The maximum Gasteiger partial charge on any atom is 0.164 e. The van der Waals surface area contributed by atoms with E-state index in [-0.39, 0.29) is 0 Å². The highest BCUT2D eigenvalue weighted by Crippen LogP contribution is 2.40. The number of para-hydroxylation sites is 2. The van der Waals surface area contributed by atoms with E-state index >= 15 is 0 Å². The Morgan fingerprint density at radius 1 is 0.263 bits per heavy atom. The minimum Gasteiger partial charge on any atom is -0.456 e. The molecule has 4 aromatic heterocycles. The Balaban J connectivity index is 1.01. The second-order valence-electron chi connectivity index (χ2n) is 14.3. The fraction of sp³-hybridized carbons (Fsp3) is 0. The van der Waals surface area contributed by atoms with Gasteiger partial charge in [0.2, 0.25) is 0 Å². The summed E-state index contributed by atoms with van der Waals surface area (Å²) in [6.07, 6.45) is 0. The van der Waals surface area contributed by atoms with Crippen molar-refractivity contribution < 1.29 is 13.3 Å². The first-order chi connectivity index (χ1) is 28.2. The van der Waals surface area contributed by atoms with Gasteiger partial charge in [-0.25, -0.2) is 15.0 Å². The van der Waals surface area contributed by atoms with Gasteiger partial charge in [-0.1, -0.05) is 127 Å². The molecule has 0 fully saturated rings. The van der Waals surface area contributed by atoms with Gasteiger partial charge in [-0.05, 0) is 70.8 Å². The minimum absolute atomic E-state index is 0.545. The van der Waals surface area contributed by atoms with E-state index in [2.05, 4.69) is 97.1 Å². The molecule has 0 aliphatic rings. The van der Waals surface area contributed by atoms with Crippen molar-refractivity contribution >= 4 is 65.8 Å². The lowest BCUT2D eigenvalue weighted by atomic mass is 9.98. The normalized spacial score (nSPS) is 11.9. The predicted molar refractivity (Wildman–Crippen MR) is 229 cm³/mol. The summed E-state index contributed by atoms with van der Waals surface area (Å²) < 4.78 is 19.0. The van der Waals surface area contributed by atoms with Crippen LogP contribution in [-0.4, -0.2) is 15.0 Å². The van der Waals surface area contributed by atoms with Gasteiger partial charge < -0.3 is 13.3 Å². The number of furan rings is 3. The molecule has 8 aromatic carbocycles. The lowest BCUT2D eigenvalue weighted by Crippen LogP contribution is -2.00. The number of benzene rings is 8. The molecule has 0 N–H and O–H groups in total. The average molecular weight is 732 g/mol. The van der Waals surface area contributed by atoms with Crippen LogP contribution in [0.2, 0.25) is 0 Å². The number of nitrogens with zero attached hydrogens (tertiary/aromatic N) is 3. The maximum absolute atomic E-state index is 6.50. The molecule has 0 aliphatic heterocycles. The second kappa shape index (κ2) is 12.3. The predicted octanol–water partition coefficient (Wildman–Crippen LogP) is 13.9. The molecule has 266 valence electrons. The van der Waals surface area contributed by atoms with Gasteiger partial charge in [0.1, 0.15) is 33.5 Å². The molecule has 0 spiro atoms. The number of aromatic nitrogens is 3. The fourth-order valence-corrected chi connectivity index (χ4v) is 8.27.